The van der Waals surface area contributed by atoms with E-state index >= 15 is 0 Å². The van der Waals surface area contributed by atoms with E-state index in [2.05, 4.69) is 54.9 Å². The van der Waals surface area contributed by atoms with Gasteiger partial charge in [0.25, 0.3) is 0 Å². The van der Waals surface area contributed by atoms with Gasteiger partial charge in [-0.15, -0.1) is 11.3 Å². The van der Waals surface area contributed by atoms with Gasteiger partial charge in [0.2, 0.25) is 5.91 Å². The number of hydrogen-bond donors (Lipinski definition) is 2. The van der Waals surface area contributed by atoms with Gasteiger partial charge in [0, 0.05) is 56.7 Å². The van der Waals surface area contributed by atoms with Crippen LogP contribution in [0.5, 0.6) is 0 Å². The molecule has 168 valence electrons. The number of rotatable bonds is 6. The maximum absolute atomic E-state index is 12.0. The zero-order chi connectivity index (χ0) is 21.5. The Bertz CT molecular complexity index is 684. The molecule has 30 heavy (non-hydrogen) atoms. The Morgan fingerprint density at radius 1 is 1.27 bits per heavy atom. The highest BCUT2D eigenvalue weighted by molar-refractivity contribution is 7.10. The van der Waals surface area contributed by atoms with E-state index in [0.717, 1.165) is 38.7 Å². The van der Waals surface area contributed by atoms with E-state index in [1.165, 1.54) is 24.3 Å². The third-order valence-corrected chi connectivity index (χ3v) is 7.01. The molecule has 0 spiro atoms. The molecule has 3 rings (SSSR count). The van der Waals surface area contributed by atoms with Gasteiger partial charge in [-0.05, 0) is 57.6 Å². The van der Waals surface area contributed by atoms with Gasteiger partial charge >= 0.3 is 0 Å². The molecule has 1 amide bonds. The molecule has 2 saturated heterocycles. The van der Waals surface area contributed by atoms with Gasteiger partial charge in [-0.1, -0.05) is 6.07 Å². The fraction of sp³-hybridized carbons (Fsp3) is 0.727. The molecule has 2 fully saturated rings. The number of aliphatic imine (C=N–C) groups is 1. The molecule has 2 aliphatic heterocycles. The van der Waals surface area contributed by atoms with E-state index in [9.17, 15) is 4.79 Å². The average molecular weight is 435 g/mol. The molecule has 2 atom stereocenters. The summed E-state index contributed by atoms with van der Waals surface area (Å²) < 4.78 is 0. The number of carbonyl (C=O) groups is 1. The zero-order valence-corrected chi connectivity index (χ0v) is 19.7. The van der Waals surface area contributed by atoms with Gasteiger partial charge in [0.15, 0.2) is 5.96 Å². The highest BCUT2D eigenvalue weighted by Gasteiger charge is 2.31. The molecule has 0 aliphatic carbocycles. The van der Waals surface area contributed by atoms with Gasteiger partial charge in [0.1, 0.15) is 0 Å². The summed E-state index contributed by atoms with van der Waals surface area (Å²) in [7, 11) is 4.12. The van der Waals surface area contributed by atoms with Gasteiger partial charge in [0.05, 0.1) is 6.54 Å². The number of carbonyl (C=O) groups excluding carboxylic acids is 1. The Morgan fingerprint density at radius 2 is 2.03 bits per heavy atom. The van der Waals surface area contributed by atoms with Crippen LogP contribution in [0.25, 0.3) is 0 Å². The van der Waals surface area contributed by atoms with Crippen molar-refractivity contribution >= 4 is 23.2 Å². The number of piperidine rings is 1. The van der Waals surface area contributed by atoms with Crippen LogP contribution in [0.3, 0.4) is 0 Å². The minimum absolute atomic E-state index is 0.113. The van der Waals surface area contributed by atoms with Crippen LogP contribution in [0.4, 0.5) is 0 Å². The largest absolute Gasteiger partial charge is 0.356 e. The van der Waals surface area contributed by atoms with E-state index in [0.29, 0.717) is 18.5 Å². The van der Waals surface area contributed by atoms with Crippen LogP contribution >= 0.6 is 11.3 Å². The molecule has 0 aromatic carbocycles. The number of guanidine groups is 1. The summed E-state index contributed by atoms with van der Waals surface area (Å²) >= 11 is 1.87. The van der Waals surface area contributed by atoms with Crippen molar-refractivity contribution in [2.75, 3.05) is 59.9 Å². The zero-order valence-electron chi connectivity index (χ0n) is 18.9. The molecular formula is C22H38N6OS. The molecule has 3 heterocycles. The second-order valence-electron chi connectivity index (χ2n) is 8.76. The van der Waals surface area contributed by atoms with Gasteiger partial charge in [-0.2, -0.15) is 0 Å². The lowest BCUT2D eigenvalue weighted by Crippen LogP contribution is -2.55. The summed E-state index contributed by atoms with van der Waals surface area (Å²) in [4.78, 5) is 25.1. The van der Waals surface area contributed by atoms with Crippen molar-refractivity contribution in [1.82, 2.24) is 25.3 Å². The Balaban J connectivity index is 1.49. The lowest BCUT2D eigenvalue weighted by Gasteiger charge is -2.40. The first-order chi connectivity index (χ1) is 14.5. The first kappa shape index (κ1) is 23.0. The predicted octanol–water partition coefficient (Wildman–Crippen LogP) is 1.85. The first-order valence-electron chi connectivity index (χ1n) is 11.2. The third-order valence-electron chi connectivity index (χ3n) is 6.06. The Morgan fingerprint density at radius 3 is 2.67 bits per heavy atom. The van der Waals surface area contributed by atoms with Crippen LogP contribution in [-0.2, 0) is 4.79 Å². The quantitative estimate of drug-likeness (QED) is 0.529. The van der Waals surface area contributed by atoms with E-state index < -0.39 is 0 Å². The van der Waals surface area contributed by atoms with Crippen molar-refractivity contribution in [3.8, 4) is 0 Å². The van der Waals surface area contributed by atoms with Crippen molar-refractivity contribution in [2.24, 2.45) is 10.9 Å². The maximum atomic E-state index is 12.0. The fourth-order valence-electron chi connectivity index (χ4n) is 4.63. The molecule has 0 bridgehead atoms. The highest BCUT2D eigenvalue weighted by Crippen LogP contribution is 2.36. The number of likely N-dealkylation sites (tertiary alicyclic amines) is 1. The van der Waals surface area contributed by atoms with Gasteiger partial charge in [-0.3, -0.25) is 19.6 Å². The number of hydrogen-bond acceptors (Lipinski definition) is 5. The van der Waals surface area contributed by atoms with E-state index in [1.807, 2.05) is 32.2 Å². The smallest absolute Gasteiger partial charge is 0.234 e. The molecule has 0 saturated carbocycles. The fourth-order valence-corrected chi connectivity index (χ4v) is 5.61. The monoisotopic (exact) mass is 434 g/mol. The summed E-state index contributed by atoms with van der Waals surface area (Å²) in [6.07, 6.45) is 2.50. The second kappa shape index (κ2) is 11.1. The molecule has 2 aliphatic rings. The average Bonchev–Trinajstić information content (AvgIpc) is 3.23. The second-order valence-corrected chi connectivity index (χ2v) is 9.74. The van der Waals surface area contributed by atoms with Crippen molar-refractivity contribution in [2.45, 2.75) is 38.8 Å². The molecular weight excluding hydrogens is 396 g/mol. The van der Waals surface area contributed by atoms with Crippen LogP contribution in [0.2, 0.25) is 0 Å². The van der Waals surface area contributed by atoms with Crippen molar-refractivity contribution < 1.29 is 4.79 Å². The van der Waals surface area contributed by atoms with Crippen molar-refractivity contribution in [1.29, 1.82) is 0 Å². The minimum Gasteiger partial charge on any atom is -0.356 e. The van der Waals surface area contributed by atoms with Crippen LogP contribution in [-0.4, -0.2) is 92.5 Å². The summed E-state index contributed by atoms with van der Waals surface area (Å²) in [5.41, 5.74) is 0. The number of nitrogens with zero attached hydrogens (tertiary/aromatic N) is 4. The third kappa shape index (κ3) is 6.18. The van der Waals surface area contributed by atoms with Gasteiger partial charge < -0.3 is 15.5 Å². The number of thiophene rings is 1. The first-order valence-corrected chi connectivity index (χ1v) is 12.1. The highest BCUT2D eigenvalue weighted by atomic mass is 32.1. The molecule has 0 radical (unpaired) electrons. The Hall–Kier alpha value is -1.64. The number of piperazine rings is 1. The Labute approximate surface area is 185 Å². The topological polar surface area (TPSA) is 63.2 Å². The van der Waals surface area contributed by atoms with Crippen LogP contribution < -0.4 is 10.6 Å². The molecule has 1 aromatic heterocycles. The summed E-state index contributed by atoms with van der Waals surface area (Å²) in [5.74, 6) is 1.68. The van der Waals surface area contributed by atoms with Crippen molar-refractivity contribution in [3.05, 3.63) is 22.4 Å². The standard InChI is InChI=1S/C22H38N6OS/c1-17(2)25-20(29)16-27-10-12-28(13-11-27)22(23-3)24-15-18-7-5-9-26(4)21(18)19-8-6-14-30-19/h6,8,14,17-18,21H,5,7,9-13,15-16H2,1-4H3,(H,23,24)(H,25,29). The number of amides is 1. The summed E-state index contributed by atoms with van der Waals surface area (Å²) in [5, 5.41) is 8.82. The van der Waals surface area contributed by atoms with Crippen LogP contribution in [0.1, 0.15) is 37.6 Å². The molecule has 8 heteroatoms. The lowest BCUT2D eigenvalue weighted by atomic mass is 9.88. The number of nitrogens with one attached hydrogen (secondary N) is 2. The van der Waals surface area contributed by atoms with Crippen LogP contribution in [0, 0.1) is 5.92 Å². The van der Waals surface area contributed by atoms with E-state index in [1.54, 1.807) is 0 Å². The summed E-state index contributed by atoms with van der Waals surface area (Å²) in [6.45, 7) is 10.1. The van der Waals surface area contributed by atoms with Crippen molar-refractivity contribution in [3.63, 3.8) is 0 Å². The molecule has 2 unspecified atom stereocenters. The van der Waals surface area contributed by atoms with E-state index in [4.69, 9.17) is 0 Å². The molecule has 2 N–H and O–H groups in total. The normalized spacial score (nSPS) is 24.3. The summed E-state index contributed by atoms with van der Waals surface area (Å²) in [6, 6.07) is 5.11. The lowest BCUT2D eigenvalue weighted by molar-refractivity contribution is -0.123. The molecule has 1 aromatic rings. The SMILES string of the molecule is CN=C(NCC1CCCN(C)C1c1cccs1)N1CCN(CC(=O)NC(C)C)CC1. The molecule has 7 nitrogen and oxygen atoms in total. The van der Waals surface area contributed by atoms with E-state index in [-0.39, 0.29) is 11.9 Å². The van der Waals surface area contributed by atoms with Gasteiger partial charge in [-0.25, -0.2) is 0 Å². The maximum Gasteiger partial charge on any atom is 0.234 e. The van der Waals surface area contributed by atoms with Crippen LogP contribution in [0.15, 0.2) is 22.5 Å². The predicted molar refractivity (Wildman–Crippen MR) is 125 cm³/mol. The minimum atomic E-state index is 0.113. The Kier molecular flexibility index (Phi) is 8.53.